The van der Waals surface area contributed by atoms with Crippen LogP contribution in [0.2, 0.25) is 0 Å². The highest BCUT2D eigenvalue weighted by Crippen LogP contribution is 2.20. The van der Waals surface area contributed by atoms with Gasteiger partial charge in [-0.2, -0.15) is 0 Å². The Hall–Kier alpha value is -2.05. The van der Waals surface area contributed by atoms with Gasteiger partial charge in [0.2, 0.25) is 0 Å². The fraction of sp³-hybridized carbons (Fsp3) is 0.0769. The van der Waals surface area contributed by atoms with Crippen molar-refractivity contribution in [3.8, 4) is 0 Å². The van der Waals surface area contributed by atoms with Gasteiger partial charge in [0.1, 0.15) is 0 Å². The number of hydrogen-bond donors (Lipinski definition) is 3. The molecule has 0 atom stereocenters. The Morgan fingerprint density at radius 1 is 1.00 bits per heavy atom. The van der Waals surface area contributed by atoms with Gasteiger partial charge in [-0.05, 0) is 35.9 Å². The van der Waals surface area contributed by atoms with Gasteiger partial charge in [-0.25, -0.2) is 8.42 Å². The summed E-state index contributed by atoms with van der Waals surface area (Å²) in [6, 6.07) is 13.0. The minimum Gasteiger partial charge on any atom is -0.399 e. The first-order valence-electron chi connectivity index (χ1n) is 5.69. The van der Waals surface area contributed by atoms with Crippen LogP contribution in [0.15, 0.2) is 53.4 Å². The molecule has 100 valence electrons. The Bertz CT molecular complexity index is 667. The predicted octanol–water partition coefficient (Wildman–Crippen LogP) is 1.53. The van der Waals surface area contributed by atoms with E-state index in [1.165, 1.54) is 12.1 Å². The highest BCUT2D eigenvalue weighted by atomic mass is 32.2. The lowest BCUT2D eigenvalue weighted by Crippen LogP contribution is -2.15. The van der Waals surface area contributed by atoms with Crippen molar-refractivity contribution in [3.05, 3.63) is 54.1 Å². The van der Waals surface area contributed by atoms with Crippen molar-refractivity contribution in [2.24, 2.45) is 5.73 Å². The molecule has 0 aliphatic heterocycles. The van der Waals surface area contributed by atoms with Gasteiger partial charge in [0.15, 0.2) is 0 Å². The lowest BCUT2D eigenvalue weighted by molar-refractivity contribution is 0.601. The Morgan fingerprint density at radius 2 is 1.63 bits per heavy atom. The number of nitrogen functional groups attached to an aromatic ring is 1. The van der Waals surface area contributed by atoms with Crippen LogP contribution in [-0.4, -0.2) is 8.42 Å². The van der Waals surface area contributed by atoms with E-state index in [2.05, 4.69) is 4.72 Å². The number of sulfonamides is 1. The highest BCUT2D eigenvalue weighted by molar-refractivity contribution is 7.92. The van der Waals surface area contributed by atoms with Crippen molar-refractivity contribution in [3.63, 3.8) is 0 Å². The summed E-state index contributed by atoms with van der Waals surface area (Å²) in [5.74, 6) is 0. The Morgan fingerprint density at radius 3 is 2.26 bits per heavy atom. The van der Waals surface area contributed by atoms with E-state index < -0.39 is 10.0 Å². The fourth-order valence-corrected chi connectivity index (χ4v) is 2.75. The molecule has 0 unspecified atom stereocenters. The van der Waals surface area contributed by atoms with E-state index in [1.807, 2.05) is 6.07 Å². The molecular formula is C13H15N3O2S. The lowest BCUT2D eigenvalue weighted by atomic mass is 10.2. The molecular weight excluding hydrogens is 262 g/mol. The summed E-state index contributed by atoms with van der Waals surface area (Å²) < 4.78 is 26.9. The SMILES string of the molecule is NCc1ccccc1NS(=O)(=O)c1ccc(N)cc1. The quantitative estimate of drug-likeness (QED) is 0.738. The van der Waals surface area contributed by atoms with Gasteiger partial charge >= 0.3 is 0 Å². The van der Waals surface area contributed by atoms with Crippen LogP contribution >= 0.6 is 0 Å². The van der Waals surface area contributed by atoms with Crippen molar-refractivity contribution < 1.29 is 8.42 Å². The van der Waals surface area contributed by atoms with Gasteiger partial charge < -0.3 is 11.5 Å². The molecule has 2 aromatic rings. The molecule has 0 heterocycles. The summed E-state index contributed by atoms with van der Waals surface area (Å²) in [5, 5.41) is 0. The van der Waals surface area contributed by atoms with Crippen molar-refractivity contribution >= 4 is 21.4 Å². The summed E-state index contributed by atoms with van der Waals surface area (Å²) in [5.41, 5.74) is 12.9. The molecule has 0 amide bonds. The summed E-state index contributed by atoms with van der Waals surface area (Å²) in [6.45, 7) is 0.264. The van der Waals surface area contributed by atoms with Gasteiger partial charge in [-0.15, -0.1) is 0 Å². The van der Waals surface area contributed by atoms with Crippen LogP contribution in [0, 0.1) is 0 Å². The number of anilines is 2. The van der Waals surface area contributed by atoms with E-state index in [4.69, 9.17) is 11.5 Å². The molecule has 0 radical (unpaired) electrons. The molecule has 5 nitrogen and oxygen atoms in total. The molecule has 0 fully saturated rings. The number of nitrogens with one attached hydrogen (secondary N) is 1. The summed E-state index contributed by atoms with van der Waals surface area (Å²) in [6.07, 6.45) is 0. The van der Waals surface area contributed by atoms with Crippen LogP contribution in [0.1, 0.15) is 5.56 Å². The smallest absolute Gasteiger partial charge is 0.261 e. The fourth-order valence-electron chi connectivity index (χ4n) is 1.65. The maximum atomic E-state index is 12.2. The predicted molar refractivity (Wildman–Crippen MR) is 76.0 cm³/mol. The van der Waals surface area contributed by atoms with Gasteiger partial charge in [0.05, 0.1) is 10.6 Å². The second-order valence-electron chi connectivity index (χ2n) is 4.04. The first kappa shape index (κ1) is 13.4. The molecule has 6 heteroatoms. The topological polar surface area (TPSA) is 98.2 Å². The number of rotatable bonds is 4. The lowest BCUT2D eigenvalue weighted by Gasteiger charge is -2.11. The molecule has 0 aliphatic rings. The number of benzene rings is 2. The molecule has 0 bridgehead atoms. The first-order chi connectivity index (χ1) is 9.03. The Balaban J connectivity index is 2.34. The van der Waals surface area contributed by atoms with Crippen LogP contribution < -0.4 is 16.2 Å². The van der Waals surface area contributed by atoms with Crippen LogP contribution in [0.25, 0.3) is 0 Å². The minimum atomic E-state index is -3.62. The standard InChI is InChI=1S/C13H15N3O2S/c14-9-10-3-1-2-4-13(10)16-19(17,18)12-7-5-11(15)6-8-12/h1-8,16H,9,14-15H2. The van der Waals surface area contributed by atoms with Crippen molar-refractivity contribution in [2.75, 3.05) is 10.5 Å². The number of hydrogen-bond acceptors (Lipinski definition) is 4. The normalized spacial score (nSPS) is 11.2. The highest BCUT2D eigenvalue weighted by Gasteiger charge is 2.15. The van der Waals surface area contributed by atoms with E-state index in [-0.39, 0.29) is 11.4 Å². The number of para-hydroxylation sites is 1. The van der Waals surface area contributed by atoms with E-state index in [0.717, 1.165) is 5.56 Å². The molecule has 0 spiro atoms. The molecule has 0 aromatic heterocycles. The molecule has 2 rings (SSSR count). The Kier molecular flexibility index (Phi) is 3.73. The van der Waals surface area contributed by atoms with Crippen molar-refractivity contribution in [2.45, 2.75) is 11.4 Å². The Labute approximate surface area is 112 Å². The molecule has 2 aromatic carbocycles. The third-order valence-electron chi connectivity index (χ3n) is 2.67. The molecule has 19 heavy (non-hydrogen) atoms. The first-order valence-corrected chi connectivity index (χ1v) is 7.17. The summed E-state index contributed by atoms with van der Waals surface area (Å²) >= 11 is 0. The van der Waals surface area contributed by atoms with Gasteiger partial charge in [0.25, 0.3) is 10.0 Å². The van der Waals surface area contributed by atoms with E-state index in [1.54, 1.807) is 30.3 Å². The van der Waals surface area contributed by atoms with Gasteiger partial charge in [-0.3, -0.25) is 4.72 Å². The van der Waals surface area contributed by atoms with Crippen LogP contribution in [0.4, 0.5) is 11.4 Å². The zero-order chi connectivity index (χ0) is 13.9. The van der Waals surface area contributed by atoms with Crippen LogP contribution in [0.3, 0.4) is 0 Å². The maximum absolute atomic E-state index is 12.2. The van der Waals surface area contributed by atoms with Crippen LogP contribution in [0.5, 0.6) is 0 Å². The second-order valence-corrected chi connectivity index (χ2v) is 5.72. The second kappa shape index (κ2) is 5.29. The largest absolute Gasteiger partial charge is 0.399 e. The van der Waals surface area contributed by atoms with E-state index >= 15 is 0 Å². The third-order valence-corrected chi connectivity index (χ3v) is 4.05. The van der Waals surface area contributed by atoms with Crippen molar-refractivity contribution in [1.29, 1.82) is 0 Å². The zero-order valence-electron chi connectivity index (χ0n) is 10.2. The molecule has 5 N–H and O–H groups in total. The monoisotopic (exact) mass is 277 g/mol. The number of nitrogens with two attached hydrogens (primary N) is 2. The van der Waals surface area contributed by atoms with E-state index in [0.29, 0.717) is 11.4 Å². The molecule has 0 saturated carbocycles. The molecule has 0 saturated heterocycles. The summed E-state index contributed by atoms with van der Waals surface area (Å²) in [4.78, 5) is 0.161. The maximum Gasteiger partial charge on any atom is 0.261 e. The zero-order valence-corrected chi connectivity index (χ0v) is 11.0. The molecule has 0 aliphatic carbocycles. The van der Waals surface area contributed by atoms with E-state index in [9.17, 15) is 8.42 Å². The average molecular weight is 277 g/mol. The van der Waals surface area contributed by atoms with Gasteiger partial charge in [0, 0.05) is 12.2 Å². The van der Waals surface area contributed by atoms with Crippen LogP contribution in [-0.2, 0) is 16.6 Å². The van der Waals surface area contributed by atoms with Crippen molar-refractivity contribution in [1.82, 2.24) is 0 Å². The third kappa shape index (κ3) is 3.04. The van der Waals surface area contributed by atoms with Gasteiger partial charge in [-0.1, -0.05) is 18.2 Å². The summed E-state index contributed by atoms with van der Waals surface area (Å²) in [7, 11) is -3.62. The average Bonchev–Trinajstić information content (AvgIpc) is 2.39. The minimum absolute atomic E-state index is 0.161.